The molecule has 3 nitrogen and oxygen atoms in total. The minimum atomic E-state index is -0.236. The maximum Gasteiger partial charge on any atom is 0.222 e. The summed E-state index contributed by atoms with van der Waals surface area (Å²) in [5, 5.41) is 0. The van der Waals surface area contributed by atoms with Gasteiger partial charge in [0.05, 0.1) is 0 Å². The molecule has 0 spiro atoms. The van der Waals surface area contributed by atoms with Gasteiger partial charge in [0.1, 0.15) is 0 Å². The van der Waals surface area contributed by atoms with Crippen molar-refractivity contribution in [1.29, 1.82) is 0 Å². The highest BCUT2D eigenvalue weighted by molar-refractivity contribution is 5.76. The van der Waals surface area contributed by atoms with Crippen LogP contribution in [0.1, 0.15) is 53.4 Å². The largest absolute Gasteiger partial charge is 0.340 e. The van der Waals surface area contributed by atoms with Crippen molar-refractivity contribution in [3.8, 4) is 0 Å². The Bertz CT molecular complexity index is 245. The highest BCUT2D eigenvalue weighted by Gasteiger charge is 2.27. The van der Waals surface area contributed by atoms with E-state index in [1.165, 1.54) is 6.42 Å². The van der Waals surface area contributed by atoms with E-state index in [1.54, 1.807) is 0 Å². The first-order chi connectivity index (χ1) is 7.29. The third-order valence-electron chi connectivity index (χ3n) is 3.42. The Morgan fingerprint density at radius 3 is 2.56 bits per heavy atom. The molecule has 1 heterocycles. The second-order valence-electron chi connectivity index (χ2n) is 6.07. The summed E-state index contributed by atoms with van der Waals surface area (Å²) < 4.78 is 0. The number of hydrogen-bond donors (Lipinski definition) is 1. The van der Waals surface area contributed by atoms with Crippen LogP contribution in [0.15, 0.2) is 0 Å². The highest BCUT2D eigenvalue weighted by atomic mass is 16.2. The van der Waals surface area contributed by atoms with Gasteiger partial charge >= 0.3 is 0 Å². The molecule has 1 aliphatic rings. The van der Waals surface area contributed by atoms with E-state index in [1.807, 2.05) is 18.7 Å². The van der Waals surface area contributed by atoms with E-state index in [-0.39, 0.29) is 11.4 Å². The summed E-state index contributed by atoms with van der Waals surface area (Å²) in [4.78, 5) is 14.1. The average Bonchev–Trinajstić information content (AvgIpc) is 2.17. The number of rotatable bonds is 3. The van der Waals surface area contributed by atoms with Gasteiger partial charge in [-0.1, -0.05) is 6.92 Å². The molecule has 94 valence electrons. The molecular formula is C13H26N2O. The van der Waals surface area contributed by atoms with Crippen molar-refractivity contribution in [2.45, 2.75) is 65.0 Å². The summed E-state index contributed by atoms with van der Waals surface area (Å²) in [7, 11) is 0. The molecule has 0 aromatic rings. The Kier molecular flexibility index (Phi) is 4.36. The standard InChI is InChI=1S/C13H26N2O/c1-10-5-6-11(2)15(9-10)12(16)7-8-13(3,4)14/h10-11H,5-9,14H2,1-4H3. The van der Waals surface area contributed by atoms with Crippen LogP contribution in [0, 0.1) is 5.92 Å². The van der Waals surface area contributed by atoms with Gasteiger partial charge in [-0.3, -0.25) is 4.79 Å². The van der Waals surface area contributed by atoms with Crippen LogP contribution in [0.25, 0.3) is 0 Å². The van der Waals surface area contributed by atoms with Gasteiger partial charge in [-0.15, -0.1) is 0 Å². The number of nitrogens with two attached hydrogens (primary N) is 1. The first kappa shape index (κ1) is 13.5. The number of likely N-dealkylation sites (tertiary alicyclic amines) is 1. The van der Waals surface area contributed by atoms with E-state index in [0.717, 1.165) is 19.4 Å². The van der Waals surface area contributed by atoms with Crippen molar-refractivity contribution in [2.24, 2.45) is 11.7 Å². The smallest absolute Gasteiger partial charge is 0.222 e. The second-order valence-corrected chi connectivity index (χ2v) is 6.07. The van der Waals surface area contributed by atoms with E-state index in [4.69, 9.17) is 5.73 Å². The Balaban J connectivity index is 2.46. The first-order valence-electron chi connectivity index (χ1n) is 6.38. The molecule has 0 aliphatic carbocycles. The molecule has 2 atom stereocenters. The zero-order valence-electron chi connectivity index (χ0n) is 11.1. The summed E-state index contributed by atoms with van der Waals surface area (Å²) in [6.07, 6.45) is 3.73. The molecule has 1 fully saturated rings. The number of amides is 1. The van der Waals surface area contributed by atoms with Crippen LogP contribution in [0.5, 0.6) is 0 Å². The fourth-order valence-corrected chi connectivity index (χ4v) is 2.21. The Morgan fingerprint density at radius 2 is 2.00 bits per heavy atom. The molecule has 0 radical (unpaired) electrons. The predicted octanol–water partition coefficient (Wildman–Crippen LogP) is 2.15. The predicted molar refractivity (Wildman–Crippen MR) is 67.1 cm³/mol. The summed E-state index contributed by atoms with van der Waals surface area (Å²) in [6.45, 7) is 9.24. The van der Waals surface area contributed by atoms with Crippen LogP contribution >= 0.6 is 0 Å². The molecule has 1 aliphatic heterocycles. The second kappa shape index (κ2) is 5.17. The number of nitrogens with zero attached hydrogens (tertiary/aromatic N) is 1. The fraction of sp³-hybridized carbons (Fsp3) is 0.923. The lowest BCUT2D eigenvalue weighted by molar-refractivity contribution is -0.135. The normalized spacial score (nSPS) is 26.9. The van der Waals surface area contributed by atoms with Gasteiger partial charge < -0.3 is 10.6 Å². The molecule has 0 aromatic heterocycles. The van der Waals surface area contributed by atoms with E-state index >= 15 is 0 Å². The monoisotopic (exact) mass is 226 g/mol. The maximum atomic E-state index is 12.1. The number of carbonyl (C=O) groups is 1. The number of carbonyl (C=O) groups excluding carboxylic acids is 1. The molecule has 16 heavy (non-hydrogen) atoms. The lowest BCUT2D eigenvalue weighted by Gasteiger charge is -2.37. The van der Waals surface area contributed by atoms with Crippen LogP contribution in [0.4, 0.5) is 0 Å². The molecule has 3 heteroatoms. The van der Waals surface area contributed by atoms with Crippen LogP contribution < -0.4 is 5.73 Å². The molecular weight excluding hydrogens is 200 g/mol. The van der Waals surface area contributed by atoms with Crippen LogP contribution in [0.2, 0.25) is 0 Å². The summed E-state index contributed by atoms with van der Waals surface area (Å²) >= 11 is 0. The molecule has 1 rings (SSSR count). The molecule has 1 amide bonds. The first-order valence-corrected chi connectivity index (χ1v) is 6.38. The third-order valence-corrected chi connectivity index (χ3v) is 3.42. The molecule has 2 unspecified atom stereocenters. The Labute approximate surface area is 99.4 Å². The topological polar surface area (TPSA) is 46.3 Å². The maximum absolute atomic E-state index is 12.1. The Morgan fingerprint density at radius 1 is 1.38 bits per heavy atom. The summed E-state index contributed by atoms with van der Waals surface area (Å²) in [5.41, 5.74) is 5.67. The minimum absolute atomic E-state index is 0.236. The van der Waals surface area contributed by atoms with Crippen molar-refractivity contribution in [1.82, 2.24) is 4.90 Å². The van der Waals surface area contributed by atoms with Crippen LogP contribution in [0.3, 0.4) is 0 Å². The molecule has 0 saturated carbocycles. The summed E-state index contributed by atoms with van der Waals surface area (Å²) in [5.74, 6) is 0.920. The molecule has 0 aromatic carbocycles. The van der Waals surface area contributed by atoms with E-state index in [9.17, 15) is 4.79 Å². The van der Waals surface area contributed by atoms with Gasteiger partial charge in [0, 0.05) is 24.5 Å². The van der Waals surface area contributed by atoms with Gasteiger partial charge in [-0.05, 0) is 46.0 Å². The van der Waals surface area contributed by atoms with Crippen molar-refractivity contribution >= 4 is 5.91 Å². The lowest BCUT2D eigenvalue weighted by Crippen LogP contribution is -2.45. The van der Waals surface area contributed by atoms with Crippen molar-refractivity contribution in [3.05, 3.63) is 0 Å². The quantitative estimate of drug-likeness (QED) is 0.801. The fourth-order valence-electron chi connectivity index (χ4n) is 2.21. The lowest BCUT2D eigenvalue weighted by atomic mass is 9.93. The Hall–Kier alpha value is -0.570. The van der Waals surface area contributed by atoms with Crippen molar-refractivity contribution < 1.29 is 4.79 Å². The average molecular weight is 226 g/mol. The van der Waals surface area contributed by atoms with Gasteiger partial charge in [0.15, 0.2) is 0 Å². The number of piperidine rings is 1. The number of hydrogen-bond acceptors (Lipinski definition) is 2. The SMILES string of the molecule is CC1CCC(C)N(C(=O)CCC(C)(C)N)C1. The van der Waals surface area contributed by atoms with Crippen LogP contribution in [-0.4, -0.2) is 28.9 Å². The molecule has 2 N–H and O–H groups in total. The molecule has 0 bridgehead atoms. The zero-order chi connectivity index (χ0) is 12.3. The van der Waals surface area contributed by atoms with Crippen LogP contribution in [-0.2, 0) is 4.79 Å². The van der Waals surface area contributed by atoms with Gasteiger partial charge in [0.25, 0.3) is 0 Å². The van der Waals surface area contributed by atoms with E-state index < -0.39 is 0 Å². The highest BCUT2D eigenvalue weighted by Crippen LogP contribution is 2.22. The van der Waals surface area contributed by atoms with Crippen molar-refractivity contribution in [3.63, 3.8) is 0 Å². The van der Waals surface area contributed by atoms with Crippen molar-refractivity contribution in [2.75, 3.05) is 6.54 Å². The van der Waals surface area contributed by atoms with Gasteiger partial charge in [0.2, 0.25) is 5.91 Å². The van der Waals surface area contributed by atoms with Gasteiger partial charge in [-0.25, -0.2) is 0 Å². The van der Waals surface area contributed by atoms with Gasteiger partial charge in [-0.2, -0.15) is 0 Å². The van der Waals surface area contributed by atoms with E-state index in [0.29, 0.717) is 18.4 Å². The summed E-state index contributed by atoms with van der Waals surface area (Å²) in [6, 6.07) is 0.407. The van der Waals surface area contributed by atoms with E-state index in [2.05, 4.69) is 13.8 Å². The zero-order valence-corrected chi connectivity index (χ0v) is 11.1. The molecule has 1 saturated heterocycles. The minimum Gasteiger partial charge on any atom is -0.340 e. The third kappa shape index (κ3) is 4.12.